The standard InChI is InChI=1S/C16H29N3/c1-14(2)7-5-3-4-6-10-19-13-17-11-16(19)12-18-15-8-9-15/h11,13-15,18H,3-10,12H2,1-2H3. The molecular weight excluding hydrogens is 234 g/mol. The first kappa shape index (κ1) is 14.6. The van der Waals surface area contributed by atoms with E-state index in [1.807, 2.05) is 12.5 Å². The van der Waals surface area contributed by atoms with E-state index in [0.717, 1.165) is 25.0 Å². The minimum absolute atomic E-state index is 0.777. The van der Waals surface area contributed by atoms with Crippen molar-refractivity contribution in [3.63, 3.8) is 0 Å². The topological polar surface area (TPSA) is 29.9 Å². The van der Waals surface area contributed by atoms with Crippen molar-refractivity contribution in [2.75, 3.05) is 0 Å². The predicted octanol–water partition coefficient (Wildman–Crippen LogP) is 3.74. The first-order chi connectivity index (χ1) is 9.25. The average Bonchev–Trinajstić information content (AvgIpc) is 3.10. The van der Waals surface area contributed by atoms with Crippen LogP contribution in [0.1, 0.15) is 64.5 Å². The molecule has 0 bridgehead atoms. The van der Waals surface area contributed by atoms with Crippen molar-refractivity contribution in [3.8, 4) is 0 Å². The molecule has 1 saturated carbocycles. The molecule has 1 aliphatic rings. The van der Waals surface area contributed by atoms with Gasteiger partial charge in [-0.15, -0.1) is 0 Å². The minimum atomic E-state index is 0.777. The van der Waals surface area contributed by atoms with Crippen LogP contribution in [0.4, 0.5) is 0 Å². The maximum Gasteiger partial charge on any atom is 0.0948 e. The third-order valence-electron chi connectivity index (χ3n) is 3.88. The smallest absolute Gasteiger partial charge is 0.0948 e. The van der Waals surface area contributed by atoms with Crippen LogP contribution >= 0.6 is 0 Å². The molecule has 1 aliphatic carbocycles. The first-order valence-electron chi connectivity index (χ1n) is 7.98. The van der Waals surface area contributed by atoms with Crippen LogP contribution in [0.3, 0.4) is 0 Å². The Balaban J connectivity index is 1.58. The van der Waals surface area contributed by atoms with Gasteiger partial charge in [-0.05, 0) is 25.2 Å². The summed E-state index contributed by atoms with van der Waals surface area (Å²) in [5, 5.41) is 3.56. The Morgan fingerprint density at radius 3 is 2.79 bits per heavy atom. The van der Waals surface area contributed by atoms with Crippen molar-refractivity contribution in [3.05, 3.63) is 18.2 Å². The van der Waals surface area contributed by atoms with Crippen molar-refractivity contribution in [1.82, 2.24) is 14.9 Å². The molecule has 1 N–H and O–H groups in total. The summed E-state index contributed by atoms with van der Waals surface area (Å²) in [6.45, 7) is 6.73. The summed E-state index contributed by atoms with van der Waals surface area (Å²) in [7, 11) is 0. The van der Waals surface area contributed by atoms with E-state index in [2.05, 4.69) is 28.7 Å². The fourth-order valence-electron chi connectivity index (χ4n) is 2.42. The number of imidazole rings is 1. The summed E-state index contributed by atoms with van der Waals surface area (Å²) in [6, 6.07) is 0.777. The summed E-state index contributed by atoms with van der Waals surface area (Å²) in [5.41, 5.74) is 1.34. The molecule has 0 unspecified atom stereocenters. The lowest BCUT2D eigenvalue weighted by Crippen LogP contribution is -2.18. The number of rotatable bonds is 10. The fraction of sp³-hybridized carbons (Fsp3) is 0.812. The Labute approximate surface area is 117 Å². The maximum absolute atomic E-state index is 4.28. The van der Waals surface area contributed by atoms with E-state index in [-0.39, 0.29) is 0 Å². The first-order valence-corrected chi connectivity index (χ1v) is 7.98. The van der Waals surface area contributed by atoms with E-state index in [1.165, 1.54) is 50.6 Å². The minimum Gasteiger partial charge on any atom is -0.333 e. The van der Waals surface area contributed by atoms with Crippen LogP contribution < -0.4 is 5.32 Å². The van der Waals surface area contributed by atoms with Crippen LogP contribution in [0.5, 0.6) is 0 Å². The molecule has 1 heterocycles. The maximum atomic E-state index is 4.28. The SMILES string of the molecule is CC(C)CCCCCCn1cncc1CNC1CC1. The van der Waals surface area contributed by atoms with Gasteiger partial charge in [-0.1, -0.05) is 39.5 Å². The van der Waals surface area contributed by atoms with Crippen molar-refractivity contribution >= 4 is 0 Å². The second-order valence-corrected chi connectivity index (χ2v) is 6.33. The van der Waals surface area contributed by atoms with Gasteiger partial charge < -0.3 is 9.88 Å². The average molecular weight is 263 g/mol. The zero-order valence-electron chi connectivity index (χ0n) is 12.6. The second-order valence-electron chi connectivity index (χ2n) is 6.33. The molecule has 0 amide bonds. The molecule has 0 atom stereocenters. The lowest BCUT2D eigenvalue weighted by atomic mass is 10.0. The van der Waals surface area contributed by atoms with Crippen LogP contribution in [0, 0.1) is 5.92 Å². The van der Waals surface area contributed by atoms with Gasteiger partial charge in [-0.25, -0.2) is 4.98 Å². The van der Waals surface area contributed by atoms with Gasteiger partial charge in [0.05, 0.1) is 12.0 Å². The Kier molecular flexibility index (Phi) is 5.90. The highest BCUT2D eigenvalue weighted by atomic mass is 15.1. The molecule has 0 aliphatic heterocycles. The number of unbranched alkanes of at least 4 members (excludes halogenated alkanes) is 3. The van der Waals surface area contributed by atoms with Crippen molar-refractivity contribution in [1.29, 1.82) is 0 Å². The Morgan fingerprint density at radius 1 is 1.26 bits per heavy atom. The highest BCUT2D eigenvalue weighted by Gasteiger charge is 2.20. The number of aryl methyl sites for hydroxylation is 1. The van der Waals surface area contributed by atoms with Gasteiger partial charge in [-0.3, -0.25) is 0 Å². The Hall–Kier alpha value is -0.830. The van der Waals surface area contributed by atoms with E-state index in [1.54, 1.807) is 0 Å². The van der Waals surface area contributed by atoms with Gasteiger partial charge in [0.1, 0.15) is 0 Å². The highest BCUT2D eigenvalue weighted by molar-refractivity contribution is 4.99. The van der Waals surface area contributed by atoms with Crippen LogP contribution in [0.15, 0.2) is 12.5 Å². The molecule has 0 aromatic carbocycles. The van der Waals surface area contributed by atoms with Crippen LogP contribution in [-0.4, -0.2) is 15.6 Å². The van der Waals surface area contributed by atoms with Gasteiger partial charge in [0.25, 0.3) is 0 Å². The summed E-state index contributed by atoms with van der Waals surface area (Å²) in [4.78, 5) is 4.28. The van der Waals surface area contributed by atoms with E-state index in [4.69, 9.17) is 0 Å². The number of nitrogens with one attached hydrogen (secondary N) is 1. The summed E-state index contributed by atoms with van der Waals surface area (Å²) in [5.74, 6) is 0.855. The van der Waals surface area contributed by atoms with E-state index in [9.17, 15) is 0 Å². The molecule has 2 rings (SSSR count). The lowest BCUT2D eigenvalue weighted by Gasteiger charge is -2.09. The van der Waals surface area contributed by atoms with Gasteiger partial charge >= 0.3 is 0 Å². The molecule has 0 spiro atoms. The van der Waals surface area contributed by atoms with Crippen LogP contribution in [-0.2, 0) is 13.1 Å². The Morgan fingerprint density at radius 2 is 2.05 bits per heavy atom. The van der Waals surface area contributed by atoms with Crippen molar-refractivity contribution in [2.24, 2.45) is 5.92 Å². The molecule has 108 valence electrons. The normalized spacial score (nSPS) is 15.3. The third-order valence-corrected chi connectivity index (χ3v) is 3.88. The van der Waals surface area contributed by atoms with E-state index < -0.39 is 0 Å². The zero-order chi connectivity index (χ0) is 13.5. The van der Waals surface area contributed by atoms with Gasteiger partial charge in [0, 0.05) is 25.3 Å². The lowest BCUT2D eigenvalue weighted by molar-refractivity contribution is 0.500. The highest BCUT2D eigenvalue weighted by Crippen LogP contribution is 2.19. The molecular formula is C16H29N3. The summed E-state index contributed by atoms with van der Waals surface area (Å²) in [6.07, 6.45) is 13.5. The molecule has 0 radical (unpaired) electrons. The molecule has 3 heteroatoms. The molecule has 1 fully saturated rings. The molecule has 1 aromatic heterocycles. The van der Waals surface area contributed by atoms with Gasteiger partial charge in [0.15, 0.2) is 0 Å². The number of aromatic nitrogens is 2. The van der Waals surface area contributed by atoms with Gasteiger partial charge in [0.2, 0.25) is 0 Å². The number of nitrogens with zero attached hydrogens (tertiary/aromatic N) is 2. The van der Waals surface area contributed by atoms with E-state index in [0.29, 0.717) is 0 Å². The van der Waals surface area contributed by atoms with Crippen LogP contribution in [0.2, 0.25) is 0 Å². The second kappa shape index (κ2) is 7.68. The molecule has 0 saturated heterocycles. The zero-order valence-corrected chi connectivity index (χ0v) is 12.6. The fourth-order valence-corrected chi connectivity index (χ4v) is 2.42. The largest absolute Gasteiger partial charge is 0.333 e. The van der Waals surface area contributed by atoms with Crippen molar-refractivity contribution in [2.45, 2.75) is 77.9 Å². The Bertz CT molecular complexity index is 353. The number of hydrogen-bond donors (Lipinski definition) is 1. The van der Waals surface area contributed by atoms with Crippen molar-refractivity contribution < 1.29 is 0 Å². The summed E-state index contributed by atoms with van der Waals surface area (Å²) < 4.78 is 2.32. The molecule has 19 heavy (non-hydrogen) atoms. The molecule has 3 nitrogen and oxygen atoms in total. The molecule has 1 aromatic rings. The third kappa shape index (κ3) is 5.77. The summed E-state index contributed by atoms with van der Waals surface area (Å²) >= 11 is 0. The van der Waals surface area contributed by atoms with E-state index >= 15 is 0 Å². The van der Waals surface area contributed by atoms with Crippen LogP contribution in [0.25, 0.3) is 0 Å². The monoisotopic (exact) mass is 263 g/mol. The predicted molar refractivity (Wildman–Crippen MR) is 80.0 cm³/mol. The van der Waals surface area contributed by atoms with Gasteiger partial charge in [-0.2, -0.15) is 0 Å². The number of hydrogen-bond acceptors (Lipinski definition) is 2. The quantitative estimate of drug-likeness (QED) is 0.652.